The number of H-pyrrole nitrogens is 1. The van der Waals surface area contributed by atoms with Crippen LogP contribution in [0.2, 0.25) is 0 Å². The quantitative estimate of drug-likeness (QED) is 0.317. The van der Waals surface area contributed by atoms with Gasteiger partial charge >= 0.3 is 11.8 Å². The zero-order valence-electron chi connectivity index (χ0n) is 21.1. The molecule has 0 aliphatic carbocycles. The molecule has 0 radical (unpaired) electrons. The van der Waals surface area contributed by atoms with Crippen LogP contribution in [0, 0.1) is 16.3 Å². The monoisotopic (exact) mass is 634 g/mol. The van der Waals surface area contributed by atoms with Crippen molar-refractivity contribution in [2.45, 2.75) is 33.3 Å². The second-order valence-corrected chi connectivity index (χ2v) is 10.7. The van der Waals surface area contributed by atoms with Gasteiger partial charge in [0.25, 0.3) is 11.1 Å². The first-order chi connectivity index (χ1) is 17.8. The highest BCUT2D eigenvalue weighted by atomic mass is 127. The molecule has 0 bridgehead atoms. The predicted molar refractivity (Wildman–Crippen MR) is 149 cm³/mol. The maximum absolute atomic E-state index is 14.9. The van der Waals surface area contributed by atoms with Crippen molar-refractivity contribution in [1.29, 1.82) is 0 Å². The van der Waals surface area contributed by atoms with Crippen LogP contribution in [0.5, 0.6) is 11.5 Å². The van der Waals surface area contributed by atoms with Gasteiger partial charge in [0.05, 0.1) is 11.4 Å². The SMILES string of the molecule is Cc1c(NC(=O)OC(C)(C)C)cccc1Oc1cc(=O)[nH]c2c1c(=O)n(C)c(=O)n2-c1ccc(I)cc1F. The summed E-state index contributed by atoms with van der Waals surface area (Å²) in [5, 5.41) is 2.50. The number of hydrogen-bond donors (Lipinski definition) is 2. The van der Waals surface area contributed by atoms with Gasteiger partial charge < -0.3 is 14.5 Å². The van der Waals surface area contributed by atoms with Gasteiger partial charge in [-0.15, -0.1) is 0 Å². The molecule has 12 heteroatoms. The summed E-state index contributed by atoms with van der Waals surface area (Å²) < 4.78 is 28.5. The second kappa shape index (κ2) is 10.1. The number of nitrogens with zero attached hydrogens (tertiary/aromatic N) is 2. The lowest BCUT2D eigenvalue weighted by Crippen LogP contribution is -2.39. The summed E-state index contributed by atoms with van der Waals surface area (Å²) >= 11 is 1.93. The fourth-order valence-corrected chi connectivity index (χ4v) is 4.21. The van der Waals surface area contributed by atoms with E-state index in [0.717, 1.165) is 15.2 Å². The molecule has 2 N–H and O–H groups in total. The van der Waals surface area contributed by atoms with E-state index in [2.05, 4.69) is 10.3 Å². The largest absolute Gasteiger partial charge is 0.456 e. The lowest BCUT2D eigenvalue weighted by Gasteiger charge is -2.20. The van der Waals surface area contributed by atoms with Gasteiger partial charge in [0, 0.05) is 22.2 Å². The zero-order valence-corrected chi connectivity index (χ0v) is 23.3. The molecule has 0 aliphatic rings. The van der Waals surface area contributed by atoms with Crippen LogP contribution in [0.3, 0.4) is 0 Å². The minimum absolute atomic E-state index is 0.144. The topological polar surface area (TPSA) is 124 Å². The number of halogens is 2. The van der Waals surface area contributed by atoms with E-state index in [1.165, 1.54) is 19.2 Å². The molecule has 0 atom stereocenters. The van der Waals surface area contributed by atoms with Crippen molar-refractivity contribution in [2.75, 3.05) is 5.32 Å². The van der Waals surface area contributed by atoms with Gasteiger partial charge in [-0.25, -0.2) is 18.5 Å². The van der Waals surface area contributed by atoms with Crippen LogP contribution in [0.4, 0.5) is 14.9 Å². The molecule has 0 saturated heterocycles. The van der Waals surface area contributed by atoms with Gasteiger partial charge in [-0.2, -0.15) is 0 Å². The minimum atomic E-state index is -0.852. The van der Waals surface area contributed by atoms with Crippen LogP contribution in [0.25, 0.3) is 16.7 Å². The van der Waals surface area contributed by atoms with Crippen LogP contribution < -0.4 is 26.9 Å². The summed E-state index contributed by atoms with van der Waals surface area (Å²) in [6, 6.07) is 10.1. The van der Waals surface area contributed by atoms with E-state index in [1.54, 1.807) is 52.0 Å². The molecule has 38 heavy (non-hydrogen) atoms. The van der Waals surface area contributed by atoms with Crippen LogP contribution in [0.1, 0.15) is 26.3 Å². The Morgan fingerprint density at radius 3 is 2.45 bits per heavy atom. The number of nitrogens with one attached hydrogen (secondary N) is 2. The number of amides is 1. The number of rotatable bonds is 4. The third-order valence-corrected chi connectivity index (χ3v) is 6.17. The smallest absolute Gasteiger partial charge is 0.412 e. The van der Waals surface area contributed by atoms with Crippen LogP contribution in [0.15, 0.2) is 56.8 Å². The first kappa shape index (κ1) is 27.1. The molecule has 198 valence electrons. The third-order valence-electron chi connectivity index (χ3n) is 5.50. The van der Waals surface area contributed by atoms with E-state index in [9.17, 15) is 23.6 Å². The lowest BCUT2D eigenvalue weighted by molar-refractivity contribution is 0.0636. The molecule has 0 spiro atoms. The summed E-state index contributed by atoms with van der Waals surface area (Å²) in [6.07, 6.45) is -0.670. The zero-order chi connectivity index (χ0) is 27.9. The number of carbonyl (C=O) groups is 1. The van der Waals surface area contributed by atoms with Crippen molar-refractivity contribution < 1.29 is 18.7 Å². The van der Waals surface area contributed by atoms with E-state index < -0.39 is 34.3 Å². The molecule has 1 amide bonds. The van der Waals surface area contributed by atoms with Crippen LogP contribution in [-0.2, 0) is 11.8 Å². The molecule has 10 nitrogen and oxygen atoms in total. The average molecular weight is 634 g/mol. The first-order valence-corrected chi connectivity index (χ1v) is 12.5. The van der Waals surface area contributed by atoms with Gasteiger partial charge in [-0.05, 0) is 80.6 Å². The Labute approximate surface area is 229 Å². The standard InChI is InChI=1S/C26H24FIN4O6/c1-13-16(29-24(35)38-26(2,3)4)7-6-8-18(13)37-19-12-20(33)30-22-21(19)23(34)31(5)25(36)32(22)17-10-9-14(28)11-15(17)27/h6-12H,1-5H3,(H,29,35)(H,30,33). The normalized spacial score (nSPS) is 11.4. The molecule has 2 aromatic heterocycles. The molecular formula is C26H24FIN4O6. The summed E-state index contributed by atoms with van der Waals surface area (Å²) in [4.78, 5) is 53.7. The minimum Gasteiger partial charge on any atom is -0.456 e. The Morgan fingerprint density at radius 2 is 1.79 bits per heavy atom. The maximum atomic E-state index is 14.9. The van der Waals surface area contributed by atoms with E-state index in [-0.39, 0.29) is 28.2 Å². The Hall–Kier alpha value is -3.94. The number of aromatic amines is 1. The Bertz CT molecular complexity index is 1770. The summed E-state index contributed by atoms with van der Waals surface area (Å²) in [6.45, 7) is 6.88. The molecule has 2 heterocycles. The summed E-state index contributed by atoms with van der Waals surface area (Å²) in [7, 11) is 1.25. The van der Waals surface area contributed by atoms with E-state index >= 15 is 0 Å². The van der Waals surface area contributed by atoms with Crippen molar-refractivity contribution in [3.8, 4) is 17.2 Å². The number of hydrogen-bond acceptors (Lipinski definition) is 6. The fraction of sp³-hybridized carbons (Fsp3) is 0.231. The van der Waals surface area contributed by atoms with E-state index in [4.69, 9.17) is 9.47 Å². The number of benzene rings is 2. The molecule has 0 saturated carbocycles. The molecule has 0 unspecified atom stereocenters. The summed E-state index contributed by atoms with van der Waals surface area (Å²) in [5.74, 6) is -0.643. The maximum Gasteiger partial charge on any atom is 0.412 e. The number of anilines is 1. The highest BCUT2D eigenvalue weighted by Crippen LogP contribution is 2.32. The van der Waals surface area contributed by atoms with Crippen LogP contribution >= 0.6 is 22.6 Å². The number of ether oxygens (including phenoxy) is 2. The average Bonchev–Trinajstić information content (AvgIpc) is 2.80. The molecule has 4 rings (SSSR count). The first-order valence-electron chi connectivity index (χ1n) is 11.4. The fourth-order valence-electron chi connectivity index (χ4n) is 3.76. The van der Waals surface area contributed by atoms with Gasteiger partial charge in [0.2, 0.25) is 0 Å². The number of aromatic nitrogens is 3. The molecule has 4 aromatic rings. The van der Waals surface area contributed by atoms with Gasteiger partial charge in [-0.1, -0.05) is 6.07 Å². The molecule has 0 aliphatic heterocycles. The van der Waals surface area contributed by atoms with Crippen LogP contribution in [-0.4, -0.2) is 25.8 Å². The van der Waals surface area contributed by atoms with Crippen molar-refractivity contribution in [2.24, 2.45) is 7.05 Å². The number of fused-ring (bicyclic) bond motifs is 1. The highest BCUT2D eigenvalue weighted by molar-refractivity contribution is 14.1. The van der Waals surface area contributed by atoms with Gasteiger partial charge in [-0.3, -0.25) is 19.5 Å². The summed E-state index contributed by atoms with van der Waals surface area (Å²) in [5.41, 5.74) is -2.49. The highest BCUT2D eigenvalue weighted by Gasteiger charge is 2.22. The van der Waals surface area contributed by atoms with Gasteiger partial charge in [0.1, 0.15) is 34.0 Å². The molecule has 2 aromatic carbocycles. The van der Waals surface area contributed by atoms with E-state index in [0.29, 0.717) is 14.8 Å². The Kier molecular flexibility index (Phi) is 7.19. The third kappa shape index (κ3) is 5.35. The van der Waals surface area contributed by atoms with Crippen molar-refractivity contribution in [1.82, 2.24) is 14.1 Å². The molecule has 0 fully saturated rings. The van der Waals surface area contributed by atoms with Gasteiger partial charge in [0.15, 0.2) is 0 Å². The second-order valence-electron chi connectivity index (χ2n) is 9.46. The van der Waals surface area contributed by atoms with Crippen molar-refractivity contribution in [3.63, 3.8) is 0 Å². The molecular weight excluding hydrogens is 610 g/mol. The predicted octanol–water partition coefficient (Wildman–Crippen LogP) is 4.57. The van der Waals surface area contributed by atoms with E-state index in [1.807, 2.05) is 22.6 Å². The number of pyridine rings is 1. The lowest BCUT2D eigenvalue weighted by atomic mass is 10.1. The van der Waals surface area contributed by atoms with Crippen molar-refractivity contribution >= 4 is 45.4 Å². The number of carbonyl (C=O) groups excluding carboxylic acids is 1. The Balaban J connectivity index is 1.89. The Morgan fingerprint density at radius 1 is 1.08 bits per heavy atom. The van der Waals surface area contributed by atoms with Crippen molar-refractivity contribution in [3.05, 3.63) is 88.6 Å².